The van der Waals surface area contributed by atoms with Gasteiger partial charge in [0.2, 0.25) is 0 Å². The van der Waals surface area contributed by atoms with Gasteiger partial charge in [-0.2, -0.15) is 0 Å². The normalized spacial score (nSPS) is 10.7. The number of hydrogen-bond acceptors (Lipinski definition) is 1. The molecule has 0 spiro atoms. The van der Waals surface area contributed by atoms with Crippen LogP contribution in [-0.2, 0) is 0 Å². The molecule has 0 unspecified atom stereocenters. The van der Waals surface area contributed by atoms with E-state index in [4.69, 9.17) is 4.42 Å². The molecule has 11 heavy (non-hydrogen) atoms. The van der Waals surface area contributed by atoms with E-state index < -0.39 is 0 Å². The standard InChI is InChI=1S/C8H4FIO/c9-6-3-5-1-2-11-8(5)4-7(6)10/h1-4H. The first-order valence-corrected chi connectivity index (χ1v) is 4.17. The Labute approximate surface area is 76.3 Å². The predicted octanol–water partition coefficient (Wildman–Crippen LogP) is 3.18. The molecule has 1 aromatic heterocycles. The number of benzene rings is 1. The van der Waals surface area contributed by atoms with Crippen LogP contribution in [0.25, 0.3) is 11.0 Å². The summed E-state index contributed by atoms with van der Waals surface area (Å²) in [6.07, 6.45) is 1.56. The largest absolute Gasteiger partial charge is 0.464 e. The van der Waals surface area contributed by atoms with E-state index in [1.54, 1.807) is 18.4 Å². The lowest BCUT2D eigenvalue weighted by Gasteiger charge is -1.92. The maximum Gasteiger partial charge on any atom is 0.137 e. The molecule has 0 atom stereocenters. The summed E-state index contributed by atoms with van der Waals surface area (Å²) in [6.45, 7) is 0. The van der Waals surface area contributed by atoms with Gasteiger partial charge < -0.3 is 4.42 Å². The Morgan fingerprint density at radius 2 is 2.18 bits per heavy atom. The van der Waals surface area contributed by atoms with Crippen LogP contribution in [0.5, 0.6) is 0 Å². The Bertz CT molecular complexity index is 358. The smallest absolute Gasteiger partial charge is 0.137 e. The monoisotopic (exact) mass is 262 g/mol. The predicted molar refractivity (Wildman–Crippen MR) is 48.9 cm³/mol. The molecule has 1 heterocycles. The van der Waals surface area contributed by atoms with Crippen LogP contribution >= 0.6 is 22.6 Å². The second-order valence-corrected chi connectivity index (χ2v) is 3.39. The molecule has 0 aliphatic rings. The van der Waals surface area contributed by atoms with Gasteiger partial charge in [0, 0.05) is 5.39 Å². The van der Waals surface area contributed by atoms with Crippen molar-refractivity contribution in [3.8, 4) is 0 Å². The Balaban J connectivity index is 2.86. The van der Waals surface area contributed by atoms with E-state index in [1.807, 2.05) is 22.6 Å². The maximum atomic E-state index is 12.9. The van der Waals surface area contributed by atoms with E-state index in [9.17, 15) is 4.39 Å². The molecule has 0 radical (unpaired) electrons. The molecule has 56 valence electrons. The maximum absolute atomic E-state index is 12.9. The lowest BCUT2D eigenvalue weighted by Crippen LogP contribution is -1.78. The first-order chi connectivity index (χ1) is 5.27. The van der Waals surface area contributed by atoms with Crippen LogP contribution in [0, 0.1) is 9.39 Å². The van der Waals surface area contributed by atoms with Crippen LogP contribution in [0.1, 0.15) is 0 Å². The molecule has 0 aliphatic heterocycles. The molecule has 0 aliphatic carbocycles. The highest BCUT2D eigenvalue weighted by Crippen LogP contribution is 2.20. The molecule has 0 saturated carbocycles. The molecule has 1 aromatic carbocycles. The quantitative estimate of drug-likeness (QED) is 0.664. The van der Waals surface area contributed by atoms with Gasteiger partial charge in [0.05, 0.1) is 9.83 Å². The van der Waals surface area contributed by atoms with Crippen LogP contribution < -0.4 is 0 Å². The van der Waals surface area contributed by atoms with Crippen molar-refractivity contribution in [2.24, 2.45) is 0 Å². The topological polar surface area (TPSA) is 13.1 Å². The minimum Gasteiger partial charge on any atom is -0.464 e. The van der Waals surface area contributed by atoms with Crippen molar-refractivity contribution in [3.63, 3.8) is 0 Å². The molecule has 0 N–H and O–H groups in total. The minimum absolute atomic E-state index is 0.195. The SMILES string of the molecule is Fc1cc2ccoc2cc1I. The lowest BCUT2D eigenvalue weighted by atomic mass is 10.2. The van der Waals surface area contributed by atoms with Gasteiger partial charge in [-0.05, 0) is 40.8 Å². The van der Waals surface area contributed by atoms with Gasteiger partial charge >= 0.3 is 0 Å². The van der Waals surface area contributed by atoms with Crippen LogP contribution in [0.4, 0.5) is 4.39 Å². The average molecular weight is 262 g/mol. The van der Waals surface area contributed by atoms with E-state index in [2.05, 4.69) is 0 Å². The van der Waals surface area contributed by atoms with Gasteiger partial charge in [-0.25, -0.2) is 4.39 Å². The van der Waals surface area contributed by atoms with E-state index in [0.29, 0.717) is 3.57 Å². The molecule has 0 amide bonds. The van der Waals surface area contributed by atoms with E-state index >= 15 is 0 Å². The highest BCUT2D eigenvalue weighted by Gasteiger charge is 2.02. The average Bonchev–Trinajstić information content (AvgIpc) is 2.36. The summed E-state index contributed by atoms with van der Waals surface area (Å²) in [5, 5.41) is 0.808. The van der Waals surface area contributed by atoms with Crippen LogP contribution in [0.15, 0.2) is 28.9 Å². The third kappa shape index (κ3) is 1.13. The summed E-state index contributed by atoms with van der Waals surface area (Å²) in [6, 6.07) is 4.90. The third-order valence-corrected chi connectivity index (χ3v) is 2.32. The zero-order chi connectivity index (χ0) is 7.84. The molecule has 1 nitrogen and oxygen atoms in total. The molecular formula is C8H4FIO. The summed E-state index contributed by atoms with van der Waals surface area (Å²) in [4.78, 5) is 0. The molecule has 0 fully saturated rings. The highest BCUT2D eigenvalue weighted by atomic mass is 127. The molecule has 3 heteroatoms. The second-order valence-electron chi connectivity index (χ2n) is 2.22. The number of furan rings is 1. The van der Waals surface area contributed by atoms with Crippen molar-refractivity contribution in [2.45, 2.75) is 0 Å². The lowest BCUT2D eigenvalue weighted by molar-refractivity contribution is 0.606. The van der Waals surface area contributed by atoms with Crippen LogP contribution in [0.3, 0.4) is 0 Å². The van der Waals surface area contributed by atoms with Gasteiger partial charge in [0.1, 0.15) is 11.4 Å². The summed E-state index contributed by atoms with van der Waals surface area (Å²) in [5.74, 6) is -0.195. The Hall–Kier alpha value is -0.580. The summed E-state index contributed by atoms with van der Waals surface area (Å²) < 4.78 is 18.5. The summed E-state index contributed by atoms with van der Waals surface area (Å²) in [7, 11) is 0. The zero-order valence-electron chi connectivity index (χ0n) is 5.47. The Morgan fingerprint density at radius 1 is 1.36 bits per heavy atom. The fourth-order valence-electron chi connectivity index (χ4n) is 0.957. The van der Waals surface area contributed by atoms with Gasteiger partial charge in [0.15, 0.2) is 0 Å². The molecule has 2 aromatic rings. The van der Waals surface area contributed by atoms with Crippen LogP contribution in [0.2, 0.25) is 0 Å². The first kappa shape index (κ1) is 7.09. The van der Waals surface area contributed by atoms with Gasteiger partial charge in [0.25, 0.3) is 0 Å². The first-order valence-electron chi connectivity index (χ1n) is 3.09. The number of halogens is 2. The van der Waals surface area contributed by atoms with Crippen molar-refractivity contribution >= 4 is 33.6 Å². The van der Waals surface area contributed by atoms with E-state index in [-0.39, 0.29) is 5.82 Å². The summed E-state index contributed by atoms with van der Waals surface area (Å²) >= 11 is 1.93. The van der Waals surface area contributed by atoms with Crippen molar-refractivity contribution in [2.75, 3.05) is 0 Å². The van der Waals surface area contributed by atoms with Crippen LogP contribution in [-0.4, -0.2) is 0 Å². The van der Waals surface area contributed by atoms with Gasteiger partial charge in [-0.3, -0.25) is 0 Å². The van der Waals surface area contributed by atoms with Crippen molar-refractivity contribution < 1.29 is 8.81 Å². The highest BCUT2D eigenvalue weighted by molar-refractivity contribution is 14.1. The van der Waals surface area contributed by atoms with Crippen molar-refractivity contribution in [1.82, 2.24) is 0 Å². The van der Waals surface area contributed by atoms with E-state index in [0.717, 1.165) is 11.0 Å². The second kappa shape index (κ2) is 2.48. The number of hydrogen-bond donors (Lipinski definition) is 0. The fraction of sp³-hybridized carbons (Fsp3) is 0. The summed E-state index contributed by atoms with van der Waals surface area (Å²) in [5.41, 5.74) is 0.732. The van der Waals surface area contributed by atoms with Crippen molar-refractivity contribution in [1.29, 1.82) is 0 Å². The van der Waals surface area contributed by atoms with E-state index in [1.165, 1.54) is 6.07 Å². The van der Waals surface area contributed by atoms with Gasteiger partial charge in [-0.1, -0.05) is 0 Å². The zero-order valence-corrected chi connectivity index (χ0v) is 7.63. The fourth-order valence-corrected chi connectivity index (χ4v) is 1.40. The molecule has 0 saturated heterocycles. The Kier molecular flexibility index (Phi) is 1.60. The van der Waals surface area contributed by atoms with Crippen molar-refractivity contribution in [3.05, 3.63) is 33.8 Å². The number of rotatable bonds is 0. The minimum atomic E-state index is -0.195. The van der Waals surface area contributed by atoms with Gasteiger partial charge in [-0.15, -0.1) is 0 Å². The number of fused-ring (bicyclic) bond motifs is 1. The third-order valence-electron chi connectivity index (χ3n) is 1.50. The molecule has 0 bridgehead atoms. The molecule has 2 rings (SSSR count). The molecular weight excluding hydrogens is 258 g/mol. The Morgan fingerprint density at radius 3 is 3.00 bits per heavy atom.